The summed E-state index contributed by atoms with van der Waals surface area (Å²) in [4.78, 5) is 18.9. The molecular formula is C15H12F3N5O3S. The topological polar surface area (TPSA) is 130 Å². The fraction of sp³-hybridized carbons (Fsp3) is 0.0667. The van der Waals surface area contributed by atoms with Gasteiger partial charge in [-0.2, -0.15) is 21.6 Å². The number of para-hydroxylation sites is 1. The molecule has 0 aliphatic heterocycles. The summed E-state index contributed by atoms with van der Waals surface area (Å²) < 4.78 is 62.3. The first-order valence-electron chi connectivity index (χ1n) is 7.31. The lowest BCUT2D eigenvalue weighted by molar-refractivity contribution is -0.0429. The summed E-state index contributed by atoms with van der Waals surface area (Å²) in [6.07, 6.45) is 0. The van der Waals surface area contributed by atoms with Gasteiger partial charge in [-0.3, -0.25) is 15.4 Å². The predicted molar refractivity (Wildman–Crippen MR) is 94.2 cm³/mol. The minimum Gasteiger partial charge on any atom is -0.324 e. The van der Waals surface area contributed by atoms with Crippen molar-refractivity contribution in [3.05, 3.63) is 52.8 Å². The number of nitrogen functional groups attached to an aromatic ring is 1. The van der Waals surface area contributed by atoms with E-state index in [1.54, 1.807) is 6.07 Å². The Morgan fingerprint density at radius 3 is 2.48 bits per heavy atom. The number of nitrogens with zero attached hydrogens (tertiary/aromatic N) is 1. The van der Waals surface area contributed by atoms with Gasteiger partial charge in [-0.15, -0.1) is 0 Å². The molecule has 2 aromatic carbocycles. The molecule has 0 spiro atoms. The molecule has 8 nitrogen and oxygen atoms in total. The van der Waals surface area contributed by atoms with Gasteiger partial charge in [-0.05, 0) is 30.3 Å². The van der Waals surface area contributed by atoms with Crippen LogP contribution in [0.4, 0.5) is 24.5 Å². The smallest absolute Gasteiger partial charge is 0.324 e. The number of rotatable bonds is 4. The van der Waals surface area contributed by atoms with E-state index in [4.69, 9.17) is 5.84 Å². The van der Waals surface area contributed by atoms with E-state index in [2.05, 4.69) is 15.4 Å². The Bertz CT molecular complexity index is 1180. The number of nitrogens with one attached hydrogen (secondary N) is 3. The zero-order valence-electron chi connectivity index (χ0n) is 13.3. The van der Waals surface area contributed by atoms with E-state index in [1.165, 1.54) is 35.1 Å². The Morgan fingerprint density at radius 2 is 1.81 bits per heavy atom. The molecule has 0 bridgehead atoms. The van der Waals surface area contributed by atoms with Crippen molar-refractivity contribution in [3.63, 3.8) is 0 Å². The highest BCUT2D eigenvalue weighted by molar-refractivity contribution is 7.93. The number of aromatic amines is 1. The molecule has 0 aliphatic rings. The summed E-state index contributed by atoms with van der Waals surface area (Å²) in [6, 6.07) is 9.76. The second-order valence-corrected chi connectivity index (χ2v) is 7.06. The monoisotopic (exact) mass is 399 g/mol. The summed E-state index contributed by atoms with van der Waals surface area (Å²) in [5.41, 5.74) is -3.37. The zero-order valence-corrected chi connectivity index (χ0v) is 14.1. The fourth-order valence-electron chi connectivity index (χ4n) is 2.34. The number of hydrogen-bond acceptors (Lipinski definition) is 6. The van der Waals surface area contributed by atoms with Crippen molar-refractivity contribution in [1.29, 1.82) is 0 Å². The number of nitrogens with two attached hydrogens (primary N) is 1. The number of benzene rings is 2. The maximum Gasteiger partial charge on any atom is 0.516 e. The molecule has 142 valence electrons. The number of alkyl halides is 3. The molecule has 0 radical (unpaired) electrons. The normalized spacial score (nSPS) is 12.1. The number of aromatic nitrogens is 2. The quantitative estimate of drug-likeness (QED) is 0.393. The van der Waals surface area contributed by atoms with Crippen LogP contribution in [0.5, 0.6) is 0 Å². The molecule has 0 fully saturated rings. The fourth-order valence-corrected chi connectivity index (χ4v) is 2.92. The second kappa shape index (κ2) is 6.55. The highest BCUT2D eigenvalue weighted by Crippen LogP contribution is 2.30. The minimum atomic E-state index is -5.63. The van der Waals surface area contributed by atoms with Crippen LogP contribution in [0.1, 0.15) is 0 Å². The molecular weight excluding hydrogens is 387 g/mol. The van der Waals surface area contributed by atoms with Crippen LogP contribution in [0.2, 0.25) is 0 Å². The lowest BCUT2D eigenvalue weighted by atomic mass is 10.1. The van der Waals surface area contributed by atoms with E-state index < -0.39 is 21.1 Å². The number of hydrogen-bond donors (Lipinski definition) is 4. The summed E-state index contributed by atoms with van der Waals surface area (Å²) in [6.45, 7) is 0. The summed E-state index contributed by atoms with van der Waals surface area (Å²) in [5.74, 6) is 5.19. The Hall–Kier alpha value is -3.12. The van der Waals surface area contributed by atoms with Crippen molar-refractivity contribution in [2.24, 2.45) is 5.84 Å². The van der Waals surface area contributed by atoms with E-state index >= 15 is 0 Å². The van der Waals surface area contributed by atoms with Crippen LogP contribution >= 0.6 is 0 Å². The van der Waals surface area contributed by atoms with Crippen molar-refractivity contribution < 1.29 is 21.6 Å². The Kier molecular flexibility index (Phi) is 4.53. The standard InChI is InChI=1S/C15H12F3N5O3S/c16-15(17,18)27(25,26)23-12-4-2-1-3-9(12)13-20-11-6-5-8(22-19)7-10(11)14(24)21-13/h1-7,22-23H,19H2,(H,20,21,24). The Morgan fingerprint density at radius 1 is 1.11 bits per heavy atom. The molecule has 1 aromatic heterocycles. The number of H-pyrrole nitrogens is 1. The number of fused-ring (bicyclic) bond motifs is 1. The van der Waals surface area contributed by atoms with Gasteiger partial charge in [0.25, 0.3) is 5.56 Å². The van der Waals surface area contributed by atoms with E-state index in [0.717, 1.165) is 6.07 Å². The van der Waals surface area contributed by atoms with Crippen LogP contribution < -0.4 is 21.5 Å². The molecule has 0 amide bonds. The highest BCUT2D eigenvalue weighted by Gasteiger charge is 2.46. The van der Waals surface area contributed by atoms with Crippen molar-refractivity contribution in [1.82, 2.24) is 9.97 Å². The zero-order chi connectivity index (χ0) is 19.8. The average Bonchev–Trinajstić information content (AvgIpc) is 2.60. The van der Waals surface area contributed by atoms with Gasteiger partial charge in [0.05, 0.1) is 16.6 Å². The largest absolute Gasteiger partial charge is 0.516 e. The Balaban J connectivity index is 2.14. The highest BCUT2D eigenvalue weighted by atomic mass is 32.2. The van der Waals surface area contributed by atoms with Gasteiger partial charge in [0.2, 0.25) is 0 Å². The van der Waals surface area contributed by atoms with Gasteiger partial charge in [0.15, 0.2) is 0 Å². The molecule has 27 heavy (non-hydrogen) atoms. The number of sulfonamides is 1. The average molecular weight is 399 g/mol. The molecule has 3 rings (SSSR count). The number of halogens is 3. The molecule has 0 unspecified atom stereocenters. The maximum atomic E-state index is 12.7. The first kappa shape index (κ1) is 18.7. The van der Waals surface area contributed by atoms with Gasteiger partial charge >= 0.3 is 15.5 Å². The van der Waals surface area contributed by atoms with Crippen LogP contribution in [-0.4, -0.2) is 23.9 Å². The van der Waals surface area contributed by atoms with E-state index in [0.29, 0.717) is 5.69 Å². The number of hydrazine groups is 1. The van der Waals surface area contributed by atoms with Crippen molar-refractivity contribution in [2.75, 3.05) is 10.1 Å². The molecule has 0 saturated carbocycles. The van der Waals surface area contributed by atoms with Gasteiger partial charge in [-0.25, -0.2) is 4.98 Å². The molecule has 12 heteroatoms. The van der Waals surface area contributed by atoms with Crippen LogP contribution in [-0.2, 0) is 10.0 Å². The van der Waals surface area contributed by atoms with E-state index in [9.17, 15) is 26.4 Å². The lowest BCUT2D eigenvalue weighted by Crippen LogP contribution is -2.30. The third kappa shape index (κ3) is 3.57. The summed E-state index contributed by atoms with van der Waals surface area (Å²) in [7, 11) is -5.63. The van der Waals surface area contributed by atoms with Gasteiger partial charge in [0, 0.05) is 11.3 Å². The van der Waals surface area contributed by atoms with Crippen LogP contribution in [0.3, 0.4) is 0 Å². The number of anilines is 2. The maximum absolute atomic E-state index is 12.7. The van der Waals surface area contributed by atoms with Crippen molar-refractivity contribution >= 4 is 32.3 Å². The van der Waals surface area contributed by atoms with Crippen LogP contribution in [0.15, 0.2) is 47.3 Å². The SMILES string of the molecule is NNc1ccc2nc(-c3ccccc3NS(=O)(=O)C(F)(F)F)[nH]c(=O)c2c1. The second-order valence-electron chi connectivity index (χ2n) is 5.39. The molecule has 0 aliphatic carbocycles. The van der Waals surface area contributed by atoms with E-state index in [1.807, 2.05) is 0 Å². The first-order chi connectivity index (χ1) is 12.6. The third-order valence-corrected chi connectivity index (χ3v) is 4.70. The van der Waals surface area contributed by atoms with Gasteiger partial charge in [0.1, 0.15) is 5.82 Å². The van der Waals surface area contributed by atoms with Crippen LogP contribution in [0, 0.1) is 0 Å². The third-order valence-electron chi connectivity index (χ3n) is 3.60. The molecule has 0 saturated heterocycles. The minimum absolute atomic E-state index is 0.0228. The van der Waals surface area contributed by atoms with Crippen molar-refractivity contribution in [3.8, 4) is 11.4 Å². The molecule has 3 aromatic rings. The molecule has 0 atom stereocenters. The van der Waals surface area contributed by atoms with Crippen LogP contribution in [0.25, 0.3) is 22.3 Å². The molecule has 5 N–H and O–H groups in total. The Labute approximate surface area is 150 Å². The van der Waals surface area contributed by atoms with Gasteiger partial charge in [-0.1, -0.05) is 12.1 Å². The van der Waals surface area contributed by atoms with Gasteiger partial charge < -0.3 is 10.4 Å². The summed E-state index contributed by atoms with van der Waals surface area (Å²) >= 11 is 0. The predicted octanol–water partition coefficient (Wildman–Crippen LogP) is 2.14. The summed E-state index contributed by atoms with van der Waals surface area (Å²) in [5, 5.41) is 0.197. The first-order valence-corrected chi connectivity index (χ1v) is 8.80. The van der Waals surface area contributed by atoms with E-state index in [-0.39, 0.29) is 28.0 Å². The molecule has 1 heterocycles. The lowest BCUT2D eigenvalue weighted by Gasteiger charge is -2.14. The van der Waals surface area contributed by atoms with Crippen molar-refractivity contribution in [2.45, 2.75) is 5.51 Å².